The van der Waals surface area contributed by atoms with Crippen molar-refractivity contribution in [1.29, 1.82) is 0 Å². The standard InChI is InChI=1S/C23H26ClN3O3S.ClH/c1-17-4-2-5-20-22(17)25-23(31-20)27(11-3-10-26-12-14-29-15-13-26)21(28)16-30-19-8-6-18(24)7-9-19;/h2,4-9H,3,10-16H2,1H3;1H. The fourth-order valence-electron chi connectivity index (χ4n) is 3.55. The van der Waals surface area contributed by atoms with Crippen LogP contribution < -0.4 is 9.64 Å². The summed E-state index contributed by atoms with van der Waals surface area (Å²) in [6.07, 6.45) is 0.863. The van der Waals surface area contributed by atoms with Crippen LogP contribution in [0.3, 0.4) is 0 Å². The second-order valence-electron chi connectivity index (χ2n) is 7.51. The molecule has 3 aromatic rings. The van der Waals surface area contributed by atoms with Gasteiger partial charge in [-0.3, -0.25) is 14.6 Å². The third-order valence-electron chi connectivity index (χ3n) is 5.28. The van der Waals surface area contributed by atoms with Gasteiger partial charge in [0.2, 0.25) is 0 Å². The van der Waals surface area contributed by atoms with Crippen LogP contribution in [0.5, 0.6) is 5.75 Å². The van der Waals surface area contributed by atoms with E-state index < -0.39 is 0 Å². The van der Waals surface area contributed by atoms with E-state index in [1.165, 1.54) is 0 Å². The van der Waals surface area contributed by atoms with E-state index in [1.807, 2.05) is 25.1 Å². The molecule has 9 heteroatoms. The maximum Gasteiger partial charge on any atom is 0.266 e. The molecule has 0 spiro atoms. The predicted molar refractivity (Wildman–Crippen MR) is 133 cm³/mol. The van der Waals surface area contributed by atoms with E-state index in [2.05, 4.69) is 4.90 Å². The highest BCUT2D eigenvalue weighted by atomic mass is 35.5. The first kappa shape index (κ1) is 24.7. The number of para-hydroxylation sites is 1. The number of carbonyl (C=O) groups excluding carboxylic acids is 1. The number of halogens is 2. The maximum atomic E-state index is 13.1. The highest BCUT2D eigenvalue weighted by Gasteiger charge is 2.21. The summed E-state index contributed by atoms with van der Waals surface area (Å²) < 4.78 is 12.2. The fraction of sp³-hybridized carbons (Fsp3) is 0.391. The van der Waals surface area contributed by atoms with Crippen molar-refractivity contribution in [2.75, 3.05) is 50.9 Å². The first-order valence-corrected chi connectivity index (χ1v) is 11.6. The van der Waals surface area contributed by atoms with Crippen molar-refractivity contribution >= 4 is 56.6 Å². The molecule has 4 rings (SSSR count). The molecule has 1 fully saturated rings. The van der Waals surface area contributed by atoms with Crippen LogP contribution in [0, 0.1) is 6.92 Å². The van der Waals surface area contributed by atoms with Gasteiger partial charge in [0, 0.05) is 31.2 Å². The largest absolute Gasteiger partial charge is 0.484 e. The summed E-state index contributed by atoms with van der Waals surface area (Å²) in [6, 6.07) is 13.1. The summed E-state index contributed by atoms with van der Waals surface area (Å²) in [4.78, 5) is 22.1. The van der Waals surface area contributed by atoms with Crippen molar-refractivity contribution in [2.24, 2.45) is 0 Å². The van der Waals surface area contributed by atoms with Gasteiger partial charge >= 0.3 is 0 Å². The smallest absolute Gasteiger partial charge is 0.266 e. The Balaban J connectivity index is 0.00000289. The number of benzene rings is 2. The van der Waals surface area contributed by atoms with Gasteiger partial charge in [0.05, 0.1) is 23.4 Å². The van der Waals surface area contributed by atoms with Crippen molar-refractivity contribution in [3.63, 3.8) is 0 Å². The van der Waals surface area contributed by atoms with E-state index in [1.54, 1.807) is 40.5 Å². The van der Waals surface area contributed by atoms with Crippen LogP contribution in [0.2, 0.25) is 5.02 Å². The van der Waals surface area contributed by atoms with Gasteiger partial charge in [0.25, 0.3) is 5.91 Å². The Morgan fingerprint density at radius 3 is 2.69 bits per heavy atom. The van der Waals surface area contributed by atoms with Gasteiger partial charge < -0.3 is 9.47 Å². The first-order valence-electron chi connectivity index (χ1n) is 10.4. The number of aromatic nitrogens is 1. The number of rotatable bonds is 8. The number of aryl methyl sites for hydroxylation is 1. The van der Waals surface area contributed by atoms with Gasteiger partial charge in [-0.25, -0.2) is 4.98 Å². The molecule has 0 saturated carbocycles. The first-order chi connectivity index (χ1) is 15.1. The number of nitrogens with zero attached hydrogens (tertiary/aromatic N) is 3. The van der Waals surface area contributed by atoms with Crippen molar-refractivity contribution in [2.45, 2.75) is 13.3 Å². The minimum Gasteiger partial charge on any atom is -0.484 e. The van der Waals surface area contributed by atoms with Crippen molar-refractivity contribution < 1.29 is 14.3 Å². The van der Waals surface area contributed by atoms with Crippen LogP contribution in [0.1, 0.15) is 12.0 Å². The Kier molecular flexibility index (Phi) is 9.13. The van der Waals surface area contributed by atoms with Crippen LogP contribution in [0.25, 0.3) is 10.2 Å². The Hall–Kier alpha value is -1.90. The van der Waals surface area contributed by atoms with E-state index in [9.17, 15) is 4.79 Å². The molecule has 0 aliphatic carbocycles. The number of carbonyl (C=O) groups is 1. The molecule has 1 aliphatic heterocycles. The van der Waals surface area contributed by atoms with E-state index in [4.69, 9.17) is 26.1 Å². The Bertz CT molecular complexity index is 1020. The number of thiazole rings is 1. The number of amides is 1. The summed E-state index contributed by atoms with van der Waals surface area (Å²) in [5, 5.41) is 1.35. The molecule has 1 aliphatic rings. The number of ether oxygens (including phenoxy) is 2. The SMILES string of the molecule is Cc1cccc2sc(N(CCCN3CCOCC3)C(=O)COc3ccc(Cl)cc3)nc12.Cl. The lowest BCUT2D eigenvalue weighted by molar-refractivity contribution is -0.120. The second kappa shape index (κ2) is 11.8. The molecule has 0 unspecified atom stereocenters. The summed E-state index contributed by atoms with van der Waals surface area (Å²) in [5.41, 5.74) is 2.06. The normalized spacial score (nSPS) is 14.2. The van der Waals surface area contributed by atoms with Gasteiger partial charge in [-0.15, -0.1) is 12.4 Å². The van der Waals surface area contributed by atoms with Crippen LogP contribution in [0.4, 0.5) is 5.13 Å². The number of fused-ring (bicyclic) bond motifs is 1. The Morgan fingerprint density at radius 1 is 1.22 bits per heavy atom. The summed E-state index contributed by atoms with van der Waals surface area (Å²) in [7, 11) is 0. The Morgan fingerprint density at radius 2 is 1.97 bits per heavy atom. The second-order valence-corrected chi connectivity index (χ2v) is 8.96. The lowest BCUT2D eigenvalue weighted by Crippen LogP contribution is -2.40. The number of morpholine rings is 1. The zero-order valence-corrected chi connectivity index (χ0v) is 20.3. The average Bonchev–Trinajstić information content (AvgIpc) is 3.22. The van der Waals surface area contributed by atoms with Gasteiger partial charge in [-0.2, -0.15) is 0 Å². The summed E-state index contributed by atoms with van der Waals surface area (Å²) >= 11 is 7.47. The predicted octanol–water partition coefficient (Wildman–Crippen LogP) is 4.81. The van der Waals surface area contributed by atoms with Crippen molar-refractivity contribution in [3.8, 4) is 5.75 Å². The molecule has 172 valence electrons. The molecule has 1 saturated heterocycles. The molecular weight excluding hydrogens is 469 g/mol. The molecule has 0 atom stereocenters. The average molecular weight is 496 g/mol. The van der Waals surface area contributed by atoms with Gasteiger partial charge in [-0.1, -0.05) is 35.1 Å². The molecule has 1 amide bonds. The molecule has 2 heterocycles. The molecule has 6 nitrogen and oxygen atoms in total. The van der Waals surface area contributed by atoms with Crippen LogP contribution in [-0.2, 0) is 9.53 Å². The minimum atomic E-state index is -0.103. The van der Waals surface area contributed by atoms with Crippen LogP contribution in [-0.4, -0.2) is 61.8 Å². The van der Waals surface area contributed by atoms with E-state index in [0.717, 1.165) is 60.2 Å². The summed E-state index contributed by atoms with van der Waals surface area (Å²) in [5.74, 6) is 0.514. The fourth-order valence-corrected chi connectivity index (χ4v) is 4.76. The third-order valence-corrected chi connectivity index (χ3v) is 6.57. The molecule has 1 aromatic heterocycles. The van der Waals surface area contributed by atoms with E-state index in [0.29, 0.717) is 17.3 Å². The maximum absolute atomic E-state index is 13.1. The molecule has 2 aromatic carbocycles. The molecule has 0 bridgehead atoms. The van der Waals surface area contributed by atoms with Crippen LogP contribution in [0.15, 0.2) is 42.5 Å². The number of hydrogen-bond donors (Lipinski definition) is 0. The highest BCUT2D eigenvalue weighted by molar-refractivity contribution is 7.22. The number of anilines is 1. The summed E-state index contributed by atoms with van der Waals surface area (Å²) in [6.45, 7) is 6.94. The zero-order chi connectivity index (χ0) is 21.6. The van der Waals surface area contributed by atoms with E-state index in [-0.39, 0.29) is 24.9 Å². The molecule has 0 N–H and O–H groups in total. The van der Waals surface area contributed by atoms with Crippen molar-refractivity contribution in [1.82, 2.24) is 9.88 Å². The van der Waals surface area contributed by atoms with Gasteiger partial charge in [0.1, 0.15) is 5.75 Å². The minimum absolute atomic E-state index is 0. The van der Waals surface area contributed by atoms with Gasteiger partial charge in [-0.05, 0) is 49.2 Å². The lowest BCUT2D eigenvalue weighted by Gasteiger charge is -2.27. The monoisotopic (exact) mass is 495 g/mol. The van der Waals surface area contributed by atoms with E-state index >= 15 is 0 Å². The molecule has 0 radical (unpaired) electrons. The van der Waals surface area contributed by atoms with Crippen molar-refractivity contribution in [3.05, 3.63) is 53.1 Å². The van der Waals surface area contributed by atoms with Crippen LogP contribution >= 0.6 is 35.3 Å². The zero-order valence-electron chi connectivity index (χ0n) is 18.0. The highest BCUT2D eigenvalue weighted by Crippen LogP contribution is 2.31. The molecule has 32 heavy (non-hydrogen) atoms. The van der Waals surface area contributed by atoms with Gasteiger partial charge in [0.15, 0.2) is 11.7 Å². The quantitative estimate of drug-likeness (QED) is 0.448. The number of hydrogen-bond acceptors (Lipinski definition) is 6. The molecular formula is C23H27Cl2N3O3S. The third kappa shape index (κ3) is 6.33. The topological polar surface area (TPSA) is 54.9 Å². The Labute approximate surface area is 203 Å². The lowest BCUT2D eigenvalue weighted by atomic mass is 10.2.